The molecule has 0 spiro atoms. The number of para-hydroxylation sites is 1. The lowest BCUT2D eigenvalue weighted by Gasteiger charge is -2.31. The van der Waals surface area contributed by atoms with E-state index in [0.717, 1.165) is 69.5 Å². The predicted octanol–water partition coefficient (Wildman–Crippen LogP) is 2.60. The molecule has 1 aliphatic rings. The van der Waals surface area contributed by atoms with Gasteiger partial charge in [-0.05, 0) is 25.0 Å². The van der Waals surface area contributed by atoms with E-state index >= 15 is 0 Å². The Morgan fingerprint density at radius 2 is 2.21 bits per heavy atom. The number of aromatic nitrogens is 3. The number of benzene rings is 1. The van der Waals surface area contributed by atoms with E-state index in [0.29, 0.717) is 0 Å². The molecule has 130 valence electrons. The third-order valence-corrected chi connectivity index (χ3v) is 4.10. The first-order valence-electron chi connectivity index (χ1n) is 8.78. The van der Waals surface area contributed by atoms with Crippen LogP contribution in [0.3, 0.4) is 0 Å². The quantitative estimate of drug-likeness (QED) is 0.754. The molecule has 0 saturated carbocycles. The van der Waals surface area contributed by atoms with Crippen molar-refractivity contribution in [2.24, 2.45) is 0 Å². The van der Waals surface area contributed by atoms with E-state index < -0.39 is 0 Å². The Morgan fingerprint density at radius 3 is 3.04 bits per heavy atom. The molecule has 0 bridgehead atoms. The topological polar surface area (TPSA) is 63.3 Å². The fourth-order valence-electron chi connectivity index (χ4n) is 2.86. The molecule has 6 heteroatoms. The molecule has 0 aliphatic carbocycles. The number of aryl methyl sites for hydroxylation is 1. The Kier molecular flexibility index (Phi) is 6.20. The lowest BCUT2D eigenvalue weighted by Crippen LogP contribution is -2.39. The van der Waals surface area contributed by atoms with Crippen molar-refractivity contribution in [2.75, 3.05) is 32.8 Å². The number of H-pyrrole nitrogens is 1. The van der Waals surface area contributed by atoms with Crippen LogP contribution in [0.25, 0.3) is 0 Å². The van der Waals surface area contributed by atoms with Gasteiger partial charge in [0.1, 0.15) is 17.7 Å². The molecule has 1 fully saturated rings. The van der Waals surface area contributed by atoms with Crippen LogP contribution >= 0.6 is 0 Å². The summed E-state index contributed by atoms with van der Waals surface area (Å²) >= 11 is 0. The van der Waals surface area contributed by atoms with E-state index in [1.165, 1.54) is 0 Å². The summed E-state index contributed by atoms with van der Waals surface area (Å²) in [5, 5.41) is 7.33. The molecule has 1 saturated heterocycles. The van der Waals surface area contributed by atoms with Crippen LogP contribution in [-0.4, -0.2) is 52.9 Å². The summed E-state index contributed by atoms with van der Waals surface area (Å²) in [4.78, 5) is 6.95. The summed E-state index contributed by atoms with van der Waals surface area (Å²) in [5.41, 5.74) is 0. The zero-order valence-corrected chi connectivity index (χ0v) is 14.3. The molecule has 1 aromatic heterocycles. The largest absolute Gasteiger partial charge is 0.494 e. The fraction of sp³-hybridized carbons (Fsp3) is 0.556. The second-order valence-electron chi connectivity index (χ2n) is 6.07. The van der Waals surface area contributed by atoms with Crippen LogP contribution in [0, 0.1) is 0 Å². The van der Waals surface area contributed by atoms with Crippen molar-refractivity contribution in [2.45, 2.75) is 32.3 Å². The van der Waals surface area contributed by atoms with Crippen molar-refractivity contribution >= 4 is 0 Å². The van der Waals surface area contributed by atoms with Gasteiger partial charge in [0, 0.05) is 26.1 Å². The molecular formula is C18H26N4O2. The Bertz CT molecular complexity index is 602. The molecule has 1 aromatic carbocycles. The molecule has 2 aromatic rings. The molecule has 1 aliphatic heterocycles. The summed E-state index contributed by atoms with van der Waals surface area (Å²) in [5.74, 6) is 2.66. The van der Waals surface area contributed by atoms with E-state index in [9.17, 15) is 0 Å². The molecule has 2 heterocycles. The molecule has 1 atom stereocenters. The number of nitrogens with one attached hydrogen (secondary N) is 1. The van der Waals surface area contributed by atoms with Gasteiger partial charge in [0.05, 0.1) is 13.2 Å². The number of hydrogen-bond donors (Lipinski definition) is 1. The average Bonchev–Trinajstić information content (AvgIpc) is 3.09. The average molecular weight is 330 g/mol. The van der Waals surface area contributed by atoms with Crippen LogP contribution in [-0.2, 0) is 11.2 Å². The second-order valence-corrected chi connectivity index (χ2v) is 6.07. The highest BCUT2D eigenvalue weighted by molar-refractivity contribution is 5.20. The zero-order chi connectivity index (χ0) is 16.6. The van der Waals surface area contributed by atoms with E-state index in [1.807, 2.05) is 30.3 Å². The Morgan fingerprint density at radius 1 is 1.33 bits per heavy atom. The number of ether oxygens (including phenoxy) is 2. The Hall–Kier alpha value is -1.92. The molecule has 24 heavy (non-hydrogen) atoms. The minimum Gasteiger partial charge on any atom is -0.494 e. The van der Waals surface area contributed by atoms with Crippen molar-refractivity contribution in [1.29, 1.82) is 0 Å². The molecule has 0 radical (unpaired) electrons. The van der Waals surface area contributed by atoms with Gasteiger partial charge in [0.25, 0.3) is 0 Å². The van der Waals surface area contributed by atoms with Crippen LogP contribution in [0.4, 0.5) is 0 Å². The highest BCUT2D eigenvalue weighted by Crippen LogP contribution is 2.19. The maximum absolute atomic E-state index is 5.84. The van der Waals surface area contributed by atoms with Crippen molar-refractivity contribution in [3.8, 4) is 5.75 Å². The molecular weight excluding hydrogens is 304 g/mol. The Labute approximate surface area is 143 Å². The highest BCUT2D eigenvalue weighted by Gasteiger charge is 2.24. The molecule has 0 unspecified atom stereocenters. The van der Waals surface area contributed by atoms with Crippen LogP contribution in [0.1, 0.15) is 37.5 Å². The summed E-state index contributed by atoms with van der Waals surface area (Å²) in [7, 11) is 0. The standard InChI is InChI=1S/C18H26N4O2/c1-2-7-17-19-18(21-20-17)16-14-22(11-13-24-16)10-6-12-23-15-8-4-3-5-9-15/h3-5,8-9,16H,2,6-7,10-14H2,1H3,(H,19,20,21)/t16-/m0/s1. The third kappa shape index (κ3) is 4.79. The smallest absolute Gasteiger partial charge is 0.180 e. The van der Waals surface area contributed by atoms with E-state index in [4.69, 9.17) is 9.47 Å². The van der Waals surface area contributed by atoms with Crippen molar-refractivity contribution in [3.63, 3.8) is 0 Å². The first-order valence-corrected chi connectivity index (χ1v) is 8.78. The van der Waals surface area contributed by atoms with Gasteiger partial charge >= 0.3 is 0 Å². The lowest BCUT2D eigenvalue weighted by molar-refractivity contribution is -0.0351. The summed E-state index contributed by atoms with van der Waals surface area (Å²) < 4.78 is 11.6. The van der Waals surface area contributed by atoms with Crippen LogP contribution < -0.4 is 4.74 Å². The summed E-state index contributed by atoms with van der Waals surface area (Å²) in [6, 6.07) is 9.96. The molecule has 1 N–H and O–H groups in total. The molecule has 0 amide bonds. The normalized spacial score (nSPS) is 18.6. The Balaban J connectivity index is 1.41. The predicted molar refractivity (Wildman–Crippen MR) is 92.1 cm³/mol. The van der Waals surface area contributed by atoms with Gasteiger partial charge in [-0.2, -0.15) is 5.10 Å². The first-order chi connectivity index (χ1) is 11.8. The summed E-state index contributed by atoms with van der Waals surface area (Å²) in [6.07, 6.45) is 2.96. The number of aromatic amines is 1. The van der Waals surface area contributed by atoms with Crippen LogP contribution in [0.2, 0.25) is 0 Å². The first kappa shape index (κ1) is 16.9. The SMILES string of the molecule is CCCc1nc([C@@H]2CN(CCCOc3ccccc3)CCO2)n[nH]1. The van der Waals surface area contributed by atoms with Gasteiger partial charge in [-0.3, -0.25) is 10.00 Å². The maximum atomic E-state index is 5.84. The van der Waals surface area contributed by atoms with E-state index in [-0.39, 0.29) is 6.10 Å². The van der Waals surface area contributed by atoms with Gasteiger partial charge in [-0.1, -0.05) is 25.1 Å². The van der Waals surface area contributed by atoms with Crippen molar-refractivity contribution in [3.05, 3.63) is 42.0 Å². The van der Waals surface area contributed by atoms with Crippen molar-refractivity contribution < 1.29 is 9.47 Å². The van der Waals surface area contributed by atoms with Gasteiger partial charge in [0.2, 0.25) is 0 Å². The molecule has 6 nitrogen and oxygen atoms in total. The lowest BCUT2D eigenvalue weighted by atomic mass is 10.2. The van der Waals surface area contributed by atoms with E-state index in [2.05, 4.69) is 27.0 Å². The van der Waals surface area contributed by atoms with Crippen LogP contribution in [0.15, 0.2) is 30.3 Å². The monoisotopic (exact) mass is 330 g/mol. The van der Waals surface area contributed by atoms with Gasteiger partial charge in [0.15, 0.2) is 5.82 Å². The highest BCUT2D eigenvalue weighted by atomic mass is 16.5. The number of morpholine rings is 1. The molecule has 3 rings (SSSR count). The number of nitrogens with zero attached hydrogens (tertiary/aromatic N) is 3. The maximum Gasteiger partial charge on any atom is 0.180 e. The third-order valence-electron chi connectivity index (χ3n) is 4.10. The van der Waals surface area contributed by atoms with Gasteiger partial charge in [-0.25, -0.2) is 4.98 Å². The minimum absolute atomic E-state index is 0.0318. The minimum atomic E-state index is -0.0318. The summed E-state index contributed by atoms with van der Waals surface area (Å²) in [6.45, 7) is 6.38. The van der Waals surface area contributed by atoms with Crippen LogP contribution in [0.5, 0.6) is 5.75 Å². The zero-order valence-electron chi connectivity index (χ0n) is 14.3. The fourth-order valence-corrected chi connectivity index (χ4v) is 2.86. The van der Waals surface area contributed by atoms with E-state index in [1.54, 1.807) is 0 Å². The van der Waals surface area contributed by atoms with Gasteiger partial charge < -0.3 is 9.47 Å². The number of rotatable bonds is 8. The second kappa shape index (κ2) is 8.80. The van der Waals surface area contributed by atoms with Crippen molar-refractivity contribution in [1.82, 2.24) is 20.1 Å². The van der Waals surface area contributed by atoms with Gasteiger partial charge in [-0.15, -0.1) is 0 Å². The number of hydrogen-bond acceptors (Lipinski definition) is 5.